The maximum atomic E-state index is 12.1. The molecule has 0 aliphatic carbocycles. The summed E-state index contributed by atoms with van der Waals surface area (Å²) in [5, 5.41) is 25.3. The van der Waals surface area contributed by atoms with Gasteiger partial charge in [0.15, 0.2) is 0 Å². The molecule has 1 saturated heterocycles. The first-order valence-electron chi connectivity index (χ1n) is 9.81. The van der Waals surface area contributed by atoms with Crippen LogP contribution < -0.4 is 10.6 Å². The Balaban J connectivity index is 1.45. The molecule has 0 radical (unpaired) electrons. The minimum Gasteiger partial charge on any atom is -0.355 e. The van der Waals surface area contributed by atoms with E-state index in [0.717, 1.165) is 44.5 Å². The minimum absolute atomic E-state index is 0.0291. The summed E-state index contributed by atoms with van der Waals surface area (Å²) in [6.07, 6.45) is 4.75. The summed E-state index contributed by atoms with van der Waals surface area (Å²) in [6, 6.07) is 12.0. The Bertz CT molecular complexity index is 798. The Morgan fingerprint density at radius 3 is 2.79 bits per heavy atom. The lowest BCUT2D eigenvalue weighted by molar-refractivity contribution is -0.123. The number of rotatable bonds is 6. The zero-order valence-corrected chi connectivity index (χ0v) is 16.0. The van der Waals surface area contributed by atoms with Crippen LogP contribution in [0.15, 0.2) is 29.3 Å². The highest BCUT2D eigenvalue weighted by molar-refractivity contribution is 5.85. The summed E-state index contributed by atoms with van der Waals surface area (Å²) in [7, 11) is 0. The van der Waals surface area contributed by atoms with Gasteiger partial charge in [0, 0.05) is 19.2 Å². The van der Waals surface area contributed by atoms with Crippen LogP contribution in [-0.4, -0.2) is 55.9 Å². The van der Waals surface area contributed by atoms with Crippen LogP contribution in [0.1, 0.15) is 36.8 Å². The van der Waals surface area contributed by atoms with Gasteiger partial charge in [0.25, 0.3) is 0 Å². The number of benzene rings is 1. The molecule has 1 amide bonds. The number of likely N-dealkylation sites (tertiary alicyclic amines) is 1. The molecule has 1 unspecified atom stereocenters. The smallest absolute Gasteiger partial charge is 0.237 e. The number of hydrogen-bond acceptors (Lipinski definition) is 6. The number of piperidine rings is 1. The van der Waals surface area contributed by atoms with Gasteiger partial charge in [0.05, 0.1) is 35.8 Å². The molecule has 2 aliphatic rings. The molecule has 7 nitrogen and oxygen atoms in total. The lowest BCUT2D eigenvalue weighted by Crippen LogP contribution is -2.47. The van der Waals surface area contributed by atoms with E-state index in [1.54, 1.807) is 12.3 Å². The highest BCUT2D eigenvalue weighted by atomic mass is 16.2. The first-order valence-corrected chi connectivity index (χ1v) is 9.81. The average molecular weight is 378 g/mol. The highest BCUT2D eigenvalue weighted by Gasteiger charge is 2.37. The van der Waals surface area contributed by atoms with E-state index in [2.05, 4.69) is 32.7 Å². The predicted molar refractivity (Wildman–Crippen MR) is 107 cm³/mol. The molecule has 2 heterocycles. The zero-order valence-electron chi connectivity index (χ0n) is 16.0. The van der Waals surface area contributed by atoms with Gasteiger partial charge in [0.2, 0.25) is 5.91 Å². The zero-order chi connectivity index (χ0) is 19.8. The van der Waals surface area contributed by atoms with Crippen LogP contribution in [-0.2, 0) is 10.2 Å². The van der Waals surface area contributed by atoms with Gasteiger partial charge in [-0.1, -0.05) is 18.2 Å². The van der Waals surface area contributed by atoms with E-state index < -0.39 is 5.41 Å². The third-order valence-electron chi connectivity index (χ3n) is 5.65. The van der Waals surface area contributed by atoms with Gasteiger partial charge in [-0.3, -0.25) is 15.1 Å². The molecule has 1 atom stereocenters. The van der Waals surface area contributed by atoms with Gasteiger partial charge >= 0.3 is 0 Å². The van der Waals surface area contributed by atoms with E-state index in [1.165, 1.54) is 0 Å². The second-order valence-electron chi connectivity index (χ2n) is 7.35. The van der Waals surface area contributed by atoms with Crippen molar-refractivity contribution in [3.8, 4) is 12.1 Å². The Morgan fingerprint density at radius 2 is 2.11 bits per heavy atom. The fraction of sp³-hybridized carbons (Fsp3) is 0.524. The minimum atomic E-state index is -0.578. The number of carbonyl (C=O) groups excluding carboxylic acids is 1. The largest absolute Gasteiger partial charge is 0.355 e. The van der Waals surface area contributed by atoms with Crippen LogP contribution in [0, 0.1) is 22.7 Å². The molecule has 7 heteroatoms. The molecule has 2 N–H and O–H groups in total. The van der Waals surface area contributed by atoms with Crippen LogP contribution in [0.2, 0.25) is 0 Å². The molecule has 0 spiro atoms. The summed E-state index contributed by atoms with van der Waals surface area (Å²) in [5.74, 6) is 0.0291. The summed E-state index contributed by atoms with van der Waals surface area (Å²) in [6.45, 7) is 3.68. The summed E-state index contributed by atoms with van der Waals surface area (Å²) in [5.41, 5.74) is 0.877. The summed E-state index contributed by atoms with van der Waals surface area (Å²) in [4.78, 5) is 18.5. The fourth-order valence-corrected chi connectivity index (χ4v) is 3.93. The normalized spacial score (nSPS) is 21.4. The quantitative estimate of drug-likeness (QED) is 0.727. The predicted octanol–water partition coefficient (Wildman–Crippen LogP) is 1.31. The van der Waals surface area contributed by atoms with Crippen LogP contribution in [0.25, 0.3) is 0 Å². The fourth-order valence-electron chi connectivity index (χ4n) is 3.93. The Morgan fingerprint density at radius 1 is 1.32 bits per heavy atom. The van der Waals surface area contributed by atoms with Gasteiger partial charge in [0.1, 0.15) is 0 Å². The van der Waals surface area contributed by atoms with Crippen LogP contribution >= 0.6 is 0 Å². The second kappa shape index (κ2) is 9.45. The van der Waals surface area contributed by atoms with Crippen molar-refractivity contribution in [1.29, 1.82) is 10.5 Å². The van der Waals surface area contributed by atoms with Crippen molar-refractivity contribution in [2.24, 2.45) is 4.99 Å². The van der Waals surface area contributed by atoms with Crippen molar-refractivity contribution in [3.63, 3.8) is 0 Å². The number of carbonyl (C=O) groups is 1. The van der Waals surface area contributed by atoms with Crippen LogP contribution in [0.4, 0.5) is 0 Å². The Labute approximate surface area is 166 Å². The Kier molecular flexibility index (Phi) is 6.76. The first-order chi connectivity index (χ1) is 13.7. The molecule has 0 saturated carbocycles. The van der Waals surface area contributed by atoms with Crippen molar-refractivity contribution < 1.29 is 4.79 Å². The molecule has 28 heavy (non-hydrogen) atoms. The molecule has 146 valence electrons. The number of amides is 1. The lowest BCUT2D eigenvalue weighted by atomic mass is 9.72. The van der Waals surface area contributed by atoms with E-state index >= 15 is 0 Å². The number of nitrogens with one attached hydrogen (secondary N) is 2. The number of hydrogen-bond donors (Lipinski definition) is 2. The van der Waals surface area contributed by atoms with E-state index in [9.17, 15) is 15.3 Å². The maximum Gasteiger partial charge on any atom is 0.237 e. The van der Waals surface area contributed by atoms with E-state index in [4.69, 9.17) is 0 Å². The monoisotopic (exact) mass is 378 g/mol. The maximum absolute atomic E-state index is 12.1. The standard InChI is InChI=1S/C21H26N6O/c22-14-17-4-1-2-5-18(17)21(15-23)7-12-27(13-8-21)11-3-9-25-20(28)19-6-10-24-16-26-19/h1-2,4-5,10,19,26H,3,6-9,11-13,16H2,(H,25,28). The van der Waals surface area contributed by atoms with Gasteiger partial charge in [-0.15, -0.1) is 0 Å². The number of aliphatic imine (C=N–C) groups is 1. The average Bonchev–Trinajstić information content (AvgIpc) is 2.77. The van der Waals surface area contributed by atoms with Crippen molar-refractivity contribution in [1.82, 2.24) is 15.5 Å². The highest BCUT2D eigenvalue weighted by Crippen LogP contribution is 2.36. The van der Waals surface area contributed by atoms with Crippen molar-refractivity contribution in [2.45, 2.75) is 37.1 Å². The number of nitriles is 2. The van der Waals surface area contributed by atoms with Gasteiger partial charge in [-0.25, -0.2) is 0 Å². The van der Waals surface area contributed by atoms with E-state index in [0.29, 0.717) is 25.2 Å². The third kappa shape index (κ3) is 4.56. The summed E-state index contributed by atoms with van der Waals surface area (Å²) >= 11 is 0. The van der Waals surface area contributed by atoms with Crippen LogP contribution in [0.5, 0.6) is 0 Å². The number of nitrogens with zero attached hydrogens (tertiary/aromatic N) is 4. The third-order valence-corrected chi connectivity index (χ3v) is 5.65. The molecule has 3 rings (SSSR count). The van der Waals surface area contributed by atoms with Crippen LogP contribution in [0.3, 0.4) is 0 Å². The molecule has 1 aromatic carbocycles. The van der Waals surface area contributed by atoms with E-state index in [-0.39, 0.29) is 11.9 Å². The SMILES string of the molecule is N#Cc1ccccc1C1(C#N)CCN(CCCNC(=O)C2CC=NCN2)CC1. The van der Waals surface area contributed by atoms with Crippen molar-refractivity contribution in [3.05, 3.63) is 35.4 Å². The second-order valence-corrected chi connectivity index (χ2v) is 7.35. The van der Waals surface area contributed by atoms with E-state index in [1.807, 2.05) is 18.2 Å². The van der Waals surface area contributed by atoms with Gasteiger partial charge < -0.3 is 10.2 Å². The molecule has 0 aromatic heterocycles. The molecule has 1 fully saturated rings. The topological polar surface area (TPSA) is 104 Å². The van der Waals surface area contributed by atoms with Crippen molar-refractivity contribution >= 4 is 12.1 Å². The lowest BCUT2D eigenvalue weighted by Gasteiger charge is -2.38. The molecular formula is C21H26N6O. The van der Waals surface area contributed by atoms with Crippen molar-refractivity contribution in [2.75, 3.05) is 32.8 Å². The molecule has 0 bridgehead atoms. The van der Waals surface area contributed by atoms with Gasteiger partial charge in [-0.2, -0.15) is 10.5 Å². The Hall–Kier alpha value is -2.74. The van der Waals surface area contributed by atoms with Gasteiger partial charge in [-0.05, 0) is 50.5 Å². The first kappa shape index (κ1) is 20.0. The molecular weight excluding hydrogens is 352 g/mol. The molecule has 2 aliphatic heterocycles. The summed E-state index contributed by atoms with van der Waals surface area (Å²) < 4.78 is 0. The molecule has 1 aromatic rings.